The van der Waals surface area contributed by atoms with E-state index >= 15 is 0 Å². The fourth-order valence-corrected chi connectivity index (χ4v) is 1.49. The van der Waals surface area contributed by atoms with Crippen molar-refractivity contribution in [3.8, 4) is 0 Å². The average molecular weight is 218 g/mol. The summed E-state index contributed by atoms with van der Waals surface area (Å²) in [5.74, 6) is 0.532. The lowest BCUT2D eigenvalue weighted by Gasteiger charge is -2.35. The predicted octanol–water partition coefficient (Wildman–Crippen LogP) is 2.73. The van der Waals surface area contributed by atoms with Gasteiger partial charge in [-0.15, -0.1) is 0 Å². The van der Waals surface area contributed by atoms with E-state index in [0.717, 1.165) is 19.6 Å². The second-order valence-electron chi connectivity index (χ2n) is 5.17. The molecule has 1 fully saturated rings. The van der Waals surface area contributed by atoms with E-state index in [1.807, 2.05) is 0 Å². The van der Waals surface area contributed by atoms with E-state index in [2.05, 4.69) is 40.3 Å². The Morgan fingerprint density at radius 3 is 2.21 bits per heavy atom. The number of hydrogen-bond donors (Lipinski definition) is 1. The highest BCUT2D eigenvalue weighted by molar-refractivity contribution is 7.80. The molecule has 0 radical (unpaired) electrons. The quantitative estimate of drug-likeness (QED) is 0.734. The van der Waals surface area contributed by atoms with Crippen molar-refractivity contribution >= 4 is 12.6 Å². The standard InChI is InChI=1S/C11H22O2S/c1-8(9(2)14)5-10-12-6-11(3,4)7-13-10/h8-10,14H,5-7H2,1-4H3. The molecule has 2 unspecified atom stereocenters. The van der Waals surface area contributed by atoms with E-state index in [1.54, 1.807) is 0 Å². The molecule has 0 aromatic rings. The number of rotatable bonds is 3. The summed E-state index contributed by atoms with van der Waals surface area (Å²) in [6.07, 6.45) is 0.924. The molecule has 2 atom stereocenters. The Hall–Kier alpha value is 0.270. The lowest BCUT2D eigenvalue weighted by molar-refractivity contribution is -0.227. The molecule has 0 amide bonds. The van der Waals surface area contributed by atoms with Crippen molar-refractivity contribution in [2.75, 3.05) is 13.2 Å². The van der Waals surface area contributed by atoms with Crippen LogP contribution in [-0.4, -0.2) is 24.8 Å². The van der Waals surface area contributed by atoms with Gasteiger partial charge in [-0.05, 0) is 5.92 Å². The summed E-state index contributed by atoms with van der Waals surface area (Å²) in [6, 6.07) is 0. The fraction of sp³-hybridized carbons (Fsp3) is 1.00. The van der Waals surface area contributed by atoms with Gasteiger partial charge in [-0.3, -0.25) is 0 Å². The van der Waals surface area contributed by atoms with Crippen LogP contribution < -0.4 is 0 Å². The molecule has 0 aromatic carbocycles. The average Bonchev–Trinajstić information content (AvgIpc) is 2.08. The van der Waals surface area contributed by atoms with Gasteiger partial charge in [-0.1, -0.05) is 27.7 Å². The monoisotopic (exact) mass is 218 g/mol. The Balaban J connectivity index is 2.29. The fourth-order valence-electron chi connectivity index (χ4n) is 1.36. The van der Waals surface area contributed by atoms with Crippen molar-refractivity contribution < 1.29 is 9.47 Å². The van der Waals surface area contributed by atoms with Crippen LogP contribution in [0.15, 0.2) is 0 Å². The highest BCUT2D eigenvalue weighted by Gasteiger charge is 2.29. The van der Waals surface area contributed by atoms with Crippen molar-refractivity contribution in [1.29, 1.82) is 0 Å². The first-order valence-electron chi connectivity index (χ1n) is 5.32. The molecular weight excluding hydrogens is 196 g/mol. The van der Waals surface area contributed by atoms with E-state index in [4.69, 9.17) is 9.47 Å². The van der Waals surface area contributed by atoms with Crippen LogP contribution in [0.5, 0.6) is 0 Å². The molecule has 0 aromatic heterocycles. The topological polar surface area (TPSA) is 18.5 Å². The minimum absolute atomic E-state index is 0.0207. The first-order chi connectivity index (χ1) is 6.41. The van der Waals surface area contributed by atoms with Gasteiger partial charge in [0.2, 0.25) is 0 Å². The zero-order valence-corrected chi connectivity index (χ0v) is 10.5. The van der Waals surface area contributed by atoms with E-state index in [9.17, 15) is 0 Å². The molecule has 1 rings (SSSR count). The second-order valence-corrected chi connectivity index (χ2v) is 5.98. The Morgan fingerprint density at radius 2 is 1.79 bits per heavy atom. The molecule has 0 bridgehead atoms. The molecule has 1 aliphatic rings. The summed E-state index contributed by atoms with van der Waals surface area (Å²) in [4.78, 5) is 0. The largest absolute Gasteiger partial charge is 0.352 e. The van der Waals surface area contributed by atoms with Crippen LogP contribution in [0.2, 0.25) is 0 Å². The second kappa shape index (κ2) is 4.86. The van der Waals surface area contributed by atoms with Crippen molar-refractivity contribution in [2.45, 2.75) is 45.7 Å². The number of hydrogen-bond acceptors (Lipinski definition) is 3. The first kappa shape index (κ1) is 12.3. The Bertz CT molecular complexity index is 170. The van der Waals surface area contributed by atoms with Crippen molar-refractivity contribution in [1.82, 2.24) is 0 Å². The minimum Gasteiger partial charge on any atom is -0.352 e. The predicted molar refractivity (Wildman–Crippen MR) is 61.7 cm³/mol. The molecular formula is C11H22O2S. The van der Waals surface area contributed by atoms with Gasteiger partial charge < -0.3 is 9.47 Å². The maximum Gasteiger partial charge on any atom is 0.157 e. The highest BCUT2D eigenvalue weighted by Crippen LogP contribution is 2.27. The maximum atomic E-state index is 5.66. The third-order valence-corrected chi connectivity index (χ3v) is 3.22. The maximum absolute atomic E-state index is 5.66. The van der Waals surface area contributed by atoms with Gasteiger partial charge in [-0.2, -0.15) is 12.6 Å². The Labute approximate surface area is 92.8 Å². The smallest absolute Gasteiger partial charge is 0.157 e. The van der Waals surface area contributed by atoms with Gasteiger partial charge >= 0.3 is 0 Å². The summed E-state index contributed by atoms with van der Waals surface area (Å²) in [5.41, 5.74) is 0.173. The van der Waals surface area contributed by atoms with Gasteiger partial charge in [0.25, 0.3) is 0 Å². The third-order valence-electron chi connectivity index (χ3n) is 2.71. The number of ether oxygens (including phenoxy) is 2. The van der Waals surface area contributed by atoms with Crippen molar-refractivity contribution in [3.05, 3.63) is 0 Å². The summed E-state index contributed by atoms with van der Waals surface area (Å²) in [5, 5.41) is 0.400. The van der Waals surface area contributed by atoms with E-state index in [-0.39, 0.29) is 11.7 Å². The molecule has 0 saturated carbocycles. The van der Waals surface area contributed by atoms with Gasteiger partial charge in [0.15, 0.2) is 6.29 Å². The molecule has 0 N–H and O–H groups in total. The van der Waals surface area contributed by atoms with Gasteiger partial charge in [0.05, 0.1) is 13.2 Å². The van der Waals surface area contributed by atoms with Gasteiger partial charge in [0, 0.05) is 17.1 Å². The summed E-state index contributed by atoms with van der Waals surface area (Å²) < 4.78 is 11.3. The van der Waals surface area contributed by atoms with Crippen LogP contribution in [0, 0.1) is 11.3 Å². The zero-order valence-electron chi connectivity index (χ0n) is 9.62. The summed E-state index contributed by atoms with van der Waals surface area (Å²) in [6.45, 7) is 10.2. The van der Waals surface area contributed by atoms with E-state index < -0.39 is 0 Å². The zero-order chi connectivity index (χ0) is 10.8. The molecule has 84 valence electrons. The molecule has 0 spiro atoms. The molecule has 3 heteroatoms. The van der Waals surface area contributed by atoms with E-state index in [0.29, 0.717) is 11.2 Å². The summed E-state index contributed by atoms with van der Waals surface area (Å²) >= 11 is 4.42. The Morgan fingerprint density at radius 1 is 1.29 bits per heavy atom. The van der Waals surface area contributed by atoms with Crippen LogP contribution in [0.4, 0.5) is 0 Å². The molecule has 1 aliphatic heterocycles. The molecule has 1 saturated heterocycles. The normalized spacial score (nSPS) is 27.2. The van der Waals surface area contributed by atoms with Crippen molar-refractivity contribution in [2.24, 2.45) is 11.3 Å². The van der Waals surface area contributed by atoms with Crippen molar-refractivity contribution in [3.63, 3.8) is 0 Å². The van der Waals surface area contributed by atoms with Gasteiger partial charge in [0.1, 0.15) is 0 Å². The molecule has 1 heterocycles. The van der Waals surface area contributed by atoms with Gasteiger partial charge in [-0.25, -0.2) is 0 Å². The van der Waals surface area contributed by atoms with Crippen LogP contribution in [0.25, 0.3) is 0 Å². The Kier molecular flexibility index (Phi) is 4.29. The van der Waals surface area contributed by atoms with Crippen LogP contribution >= 0.6 is 12.6 Å². The number of thiol groups is 1. The molecule has 0 aliphatic carbocycles. The SMILES string of the molecule is CC(S)C(C)CC1OCC(C)(C)CO1. The highest BCUT2D eigenvalue weighted by atomic mass is 32.1. The molecule has 2 nitrogen and oxygen atoms in total. The van der Waals surface area contributed by atoms with Crippen LogP contribution in [0.3, 0.4) is 0 Å². The lowest BCUT2D eigenvalue weighted by Crippen LogP contribution is -2.38. The lowest BCUT2D eigenvalue weighted by atomic mass is 9.95. The van der Waals surface area contributed by atoms with Crippen LogP contribution in [-0.2, 0) is 9.47 Å². The molecule has 14 heavy (non-hydrogen) atoms. The minimum atomic E-state index is -0.0207. The third kappa shape index (κ3) is 3.79. The van der Waals surface area contributed by atoms with E-state index in [1.165, 1.54) is 0 Å². The summed E-state index contributed by atoms with van der Waals surface area (Å²) in [7, 11) is 0. The first-order valence-corrected chi connectivity index (χ1v) is 5.83. The van der Waals surface area contributed by atoms with Crippen LogP contribution in [0.1, 0.15) is 34.1 Å².